The Morgan fingerprint density at radius 3 is 3.00 bits per heavy atom. The van der Waals surface area contributed by atoms with E-state index in [4.69, 9.17) is 11.6 Å². The molecule has 1 aromatic carbocycles. The number of pyridine rings is 1. The number of fused-ring (bicyclic) bond motifs is 1. The molecular weight excluding hydrogens is 328 g/mol. The third kappa shape index (κ3) is 2.88. The lowest BCUT2D eigenvalue weighted by atomic mass is 10.2. The number of benzene rings is 1. The molecule has 0 saturated heterocycles. The summed E-state index contributed by atoms with van der Waals surface area (Å²) in [5.74, 6) is 0.595. The van der Waals surface area contributed by atoms with E-state index in [1.54, 1.807) is 4.52 Å². The van der Waals surface area contributed by atoms with Crippen LogP contribution >= 0.6 is 27.5 Å². The second-order valence-electron chi connectivity index (χ2n) is 4.07. The third-order valence-electron chi connectivity index (χ3n) is 2.63. The van der Waals surface area contributed by atoms with Gasteiger partial charge in [-0.25, -0.2) is 4.52 Å². The lowest BCUT2D eigenvalue weighted by molar-refractivity contribution is 0.946. The van der Waals surface area contributed by atoms with E-state index in [-0.39, 0.29) is 0 Å². The van der Waals surface area contributed by atoms with Gasteiger partial charge in [0.25, 0.3) is 0 Å². The highest BCUT2D eigenvalue weighted by atomic mass is 79.9. The molecule has 1 N–H and O–H groups in total. The van der Waals surface area contributed by atoms with Crippen LogP contribution in [0.15, 0.2) is 47.1 Å². The molecule has 3 aromatic rings. The molecule has 4 nitrogen and oxygen atoms in total. The van der Waals surface area contributed by atoms with Gasteiger partial charge in [-0.1, -0.05) is 23.7 Å². The van der Waals surface area contributed by atoms with Crippen molar-refractivity contribution in [2.45, 2.75) is 6.54 Å². The smallest absolute Gasteiger partial charge is 0.243 e. The van der Waals surface area contributed by atoms with Crippen molar-refractivity contribution in [1.29, 1.82) is 0 Å². The summed E-state index contributed by atoms with van der Waals surface area (Å²) in [5, 5.41) is 8.25. The average Bonchev–Trinajstić information content (AvgIpc) is 2.78. The molecule has 0 aliphatic carbocycles. The topological polar surface area (TPSA) is 42.2 Å². The van der Waals surface area contributed by atoms with Crippen molar-refractivity contribution in [3.63, 3.8) is 0 Å². The van der Waals surface area contributed by atoms with Crippen LogP contribution in [0, 0.1) is 0 Å². The molecule has 0 saturated carbocycles. The van der Waals surface area contributed by atoms with Crippen molar-refractivity contribution in [1.82, 2.24) is 14.6 Å². The third-order valence-corrected chi connectivity index (χ3v) is 3.34. The van der Waals surface area contributed by atoms with Gasteiger partial charge in [0.1, 0.15) is 0 Å². The number of halogens is 2. The van der Waals surface area contributed by atoms with Crippen molar-refractivity contribution in [3.8, 4) is 0 Å². The molecule has 6 heteroatoms. The molecule has 3 rings (SSSR count). The molecule has 0 fully saturated rings. The monoisotopic (exact) mass is 336 g/mol. The first-order chi connectivity index (χ1) is 9.20. The first-order valence-corrected chi connectivity index (χ1v) is 6.88. The maximum atomic E-state index is 5.94. The van der Waals surface area contributed by atoms with Gasteiger partial charge in [-0.05, 0) is 45.8 Å². The highest BCUT2D eigenvalue weighted by molar-refractivity contribution is 9.10. The van der Waals surface area contributed by atoms with Crippen molar-refractivity contribution in [2.75, 3.05) is 5.32 Å². The summed E-state index contributed by atoms with van der Waals surface area (Å²) in [7, 11) is 0. The van der Waals surface area contributed by atoms with Crippen LogP contribution in [0.4, 0.5) is 5.95 Å². The zero-order chi connectivity index (χ0) is 13.2. The summed E-state index contributed by atoms with van der Waals surface area (Å²) in [6, 6.07) is 11.5. The van der Waals surface area contributed by atoms with Gasteiger partial charge in [-0.15, -0.1) is 5.10 Å². The highest BCUT2D eigenvalue weighted by Crippen LogP contribution is 2.14. The van der Waals surface area contributed by atoms with E-state index < -0.39 is 0 Å². The SMILES string of the molecule is Clc1cccc(CNc2nc3ccc(Br)cn3n2)c1. The Bertz CT molecular complexity index is 725. The van der Waals surface area contributed by atoms with E-state index in [1.807, 2.05) is 42.6 Å². The number of aromatic nitrogens is 3. The van der Waals surface area contributed by atoms with Gasteiger partial charge in [0.05, 0.1) is 0 Å². The average molecular weight is 338 g/mol. The molecule has 2 heterocycles. The zero-order valence-corrected chi connectivity index (χ0v) is 12.2. The number of nitrogens with one attached hydrogen (secondary N) is 1. The van der Waals surface area contributed by atoms with E-state index in [0.717, 1.165) is 20.7 Å². The fraction of sp³-hybridized carbons (Fsp3) is 0.0769. The maximum Gasteiger partial charge on any atom is 0.243 e. The predicted octanol–water partition coefficient (Wildman–Crippen LogP) is 3.76. The Labute approximate surface area is 123 Å². The van der Waals surface area contributed by atoms with Crippen LogP contribution in [0.1, 0.15) is 5.56 Å². The molecule has 0 spiro atoms. The Hall–Kier alpha value is -1.59. The van der Waals surface area contributed by atoms with E-state index >= 15 is 0 Å². The van der Waals surface area contributed by atoms with Gasteiger partial charge in [-0.3, -0.25) is 0 Å². The summed E-state index contributed by atoms with van der Waals surface area (Å²) >= 11 is 9.34. The minimum Gasteiger partial charge on any atom is -0.349 e. The number of anilines is 1. The van der Waals surface area contributed by atoms with Crippen LogP contribution in [0.3, 0.4) is 0 Å². The van der Waals surface area contributed by atoms with Gasteiger partial charge >= 0.3 is 0 Å². The molecule has 0 aliphatic rings. The lowest BCUT2D eigenvalue weighted by Crippen LogP contribution is -2.01. The number of nitrogens with zero attached hydrogens (tertiary/aromatic N) is 3. The van der Waals surface area contributed by atoms with Crippen molar-refractivity contribution >= 4 is 39.1 Å². The van der Waals surface area contributed by atoms with Crippen LogP contribution in [-0.4, -0.2) is 14.6 Å². The molecule has 96 valence electrons. The molecule has 19 heavy (non-hydrogen) atoms. The molecule has 0 atom stereocenters. The summed E-state index contributed by atoms with van der Waals surface area (Å²) in [6.45, 7) is 0.638. The zero-order valence-electron chi connectivity index (χ0n) is 9.85. The number of rotatable bonds is 3. The second kappa shape index (κ2) is 5.19. The van der Waals surface area contributed by atoms with Gasteiger partial charge in [-0.2, -0.15) is 4.98 Å². The lowest BCUT2D eigenvalue weighted by Gasteiger charge is -2.01. The van der Waals surface area contributed by atoms with Crippen LogP contribution in [0.5, 0.6) is 0 Å². The van der Waals surface area contributed by atoms with E-state index in [2.05, 4.69) is 31.3 Å². The summed E-state index contributed by atoms with van der Waals surface area (Å²) in [5.41, 5.74) is 1.89. The highest BCUT2D eigenvalue weighted by Gasteiger charge is 2.03. The summed E-state index contributed by atoms with van der Waals surface area (Å²) in [4.78, 5) is 4.38. The minimum absolute atomic E-state index is 0.595. The maximum absolute atomic E-state index is 5.94. The van der Waals surface area contributed by atoms with E-state index in [1.165, 1.54) is 0 Å². The van der Waals surface area contributed by atoms with E-state index in [0.29, 0.717) is 12.5 Å². The summed E-state index contributed by atoms with van der Waals surface area (Å²) < 4.78 is 2.69. The second-order valence-corrected chi connectivity index (χ2v) is 5.42. The van der Waals surface area contributed by atoms with Gasteiger partial charge in [0, 0.05) is 22.2 Å². The van der Waals surface area contributed by atoms with Crippen molar-refractivity contribution in [3.05, 3.63) is 57.7 Å². The molecule has 0 unspecified atom stereocenters. The van der Waals surface area contributed by atoms with Gasteiger partial charge < -0.3 is 5.32 Å². The van der Waals surface area contributed by atoms with Crippen molar-refractivity contribution < 1.29 is 0 Å². The number of hydrogen-bond donors (Lipinski definition) is 1. The van der Waals surface area contributed by atoms with Crippen LogP contribution in [0.25, 0.3) is 5.65 Å². The Kier molecular flexibility index (Phi) is 3.40. The van der Waals surface area contributed by atoms with Crippen LogP contribution < -0.4 is 5.32 Å². The predicted molar refractivity (Wildman–Crippen MR) is 79.5 cm³/mol. The molecular formula is C13H10BrClN4. The molecule has 0 bridgehead atoms. The van der Waals surface area contributed by atoms with Crippen molar-refractivity contribution in [2.24, 2.45) is 0 Å². The normalized spacial score (nSPS) is 10.8. The molecule has 2 aromatic heterocycles. The largest absolute Gasteiger partial charge is 0.349 e. The van der Waals surface area contributed by atoms with Gasteiger partial charge in [0.2, 0.25) is 5.95 Å². The Morgan fingerprint density at radius 2 is 2.16 bits per heavy atom. The quantitative estimate of drug-likeness (QED) is 0.791. The molecule has 0 aliphatic heterocycles. The Balaban J connectivity index is 1.78. The van der Waals surface area contributed by atoms with Crippen LogP contribution in [-0.2, 0) is 6.54 Å². The first-order valence-electron chi connectivity index (χ1n) is 5.71. The number of hydrogen-bond acceptors (Lipinski definition) is 3. The standard InChI is InChI=1S/C13H10BrClN4/c14-10-4-5-12-17-13(18-19(12)8-10)16-7-9-2-1-3-11(15)6-9/h1-6,8H,7H2,(H,16,18). The fourth-order valence-corrected chi connectivity index (χ4v) is 2.30. The van der Waals surface area contributed by atoms with Crippen LogP contribution in [0.2, 0.25) is 5.02 Å². The summed E-state index contributed by atoms with van der Waals surface area (Å²) in [6.07, 6.45) is 1.87. The molecule has 0 radical (unpaired) electrons. The minimum atomic E-state index is 0.595. The van der Waals surface area contributed by atoms with Gasteiger partial charge in [0.15, 0.2) is 5.65 Å². The first kappa shape index (κ1) is 12.4. The molecule has 0 amide bonds. The fourth-order valence-electron chi connectivity index (χ4n) is 1.76. The Morgan fingerprint density at radius 1 is 1.26 bits per heavy atom. The van der Waals surface area contributed by atoms with E-state index in [9.17, 15) is 0 Å².